The van der Waals surface area contributed by atoms with E-state index < -0.39 is 0 Å². The Bertz CT molecular complexity index is 749. The Kier molecular flexibility index (Phi) is 4.04. The lowest BCUT2D eigenvalue weighted by molar-refractivity contribution is -0.131. The molecule has 1 aromatic carbocycles. The van der Waals surface area contributed by atoms with Crippen LogP contribution in [-0.4, -0.2) is 38.7 Å². The topological polar surface area (TPSA) is 51.0 Å². The number of fused-ring (bicyclic) bond motifs is 1. The van der Waals surface area contributed by atoms with Gasteiger partial charge in [0.1, 0.15) is 17.5 Å². The third-order valence-electron chi connectivity index (χ3n) is 5.15. The molecule has 2 aromatic rings. The molecule has 126 valence electrons. The fourth-order valence-electron chi connectivity index (χ4n) is 3.78. The zero-order valence-corrected chi connectivity index (χ0v) is 13.6. The number of likely N-dealkylation sites (tertiary alicyclic amines) is 1. The van der Waals surface area contributed by atoms with Gasteiger partial charge in [0.05, 0.1) is 6.42 Å². The standard InChI is InChI=1S/C18H21FN4O/c19-15-5-2-1-4-14(15)12-17(24)22-10-7-13(8-11-22)18-21-20-16-6-3-9-23(16)18/h1-2,4-5,13H,3,6-12H2. The van der Waals surface area contributed by atoms with Crippen LogP contribution in [0.15, 0.2) is 24.3 Å². The van der Waals surface area contributed by atoms with Crippen molar-refractivity contribution in [1.82, 2.24) is 19.7 Å². The first-order chi connectivity index (χ1) is 11.7. The molecule has 4 rings (SSSR count). The molecule has 0 aliphatic carbocycles. The molecule has 1 saturated heterocycles. The first-order valence-electron chi connectivity index (χ1n) is 8.65. The molecule has 6 heteroatoms. The summed E-state index contributed by atoms with van der Waals surface area (Å²) in [6.07, 6.45) is 4.12. The van der Waals surface area contributed by atoms with Crippen molar-refractivity contribution in [2.24, 2.45) is 0 Å². The quantitative estimate of drug-likeness (QED) is 0.869. The van der Waals surface area contributed by atoms with Gasteiger partial charge in [0.25, 0.3) is 0 Å². The third-order valence-corrected chi connectivity index (χ3v) is 5.15. The molecule has 0 atom stereocenters. The van der Waals surface area contributed by atoms with Crippen LogP contribution in [0.2, 0.25) is 0 Å². The average Bonchev–Trinajstić information content (AvgIpc) is 3.20. The number of aromatic nitrogens is 3. The highest BCUT2D eigenvalue weighted by molar-refractivity contribution is 5.78. The molecular formula is C18H21FN4O. The van der Waals surface area contributed by atoms with E-state index in [1.54, 1.807) is 18.2 Å². The van der Waals surface area contributed by atoms with Gasteiger partial charge in [-0.05, 0) is 30.9 Å². The van der Waals surface area contributed by atoms with Gasteiger partial charge in [-0.2, -0.15) is 0 Å². The number of nitrogens with zero attached hydrogens (tertiary/aromatic N) is 4. The fourth-order valence-corrected chi connectivity index (χ4v) is 3.78. The molecule has 0 unspecified atom stereocenters. The lowest BCUT2D eigenvalue weighted by Crippen LogP contribution is -2.39. The summed E-state index contributed by atoms with van der Waals surface area (Å²) in [7, 11) is 0. The molecule has 0 saturated carbocycles. The second-order valence-corrected chi connectivity index (χ2v) is 6.65. The number of carbonyl (C=O) groups excluding carboxylic acids is 1. The first kappa shape index (κ1) is 15.3. The SMILES string of the molecule is O=C(Cc1ccccc1F)N1CCC(c2nnc3n2CCC3)CC1. The molecule has 3 heterocycles. The van der Waals surface area contributed by atoms with Gasteiger partial charge in [0, 0.05) is 32.0 Å². The Balaban J connectivity index is 1.37. The van der Waals surface area contributed by atoms with E-state index in [4.69, 9.17) is 0 Å². The van der Waals surface area contributed by atoms with Crippen LogP contribution in [-0.2, 0) is 24.2 Å². The lowest BCUT2D eigenvalue weighted by Gasteiger charge is -2.31. The zero-order chi connectivity index (χ0) is 16.5. The lowest BCUT2D eigenvalue weighted by atomic mass is 9.95. The number of hydrogen-bond donors (Lipinski definition) is 0. The number of carbonyl (C=O) groups is 1. The number of benzene rings is 1. The van der Waals surface area contributed by atoms with Crippen molar-refractivity contribution in [3.05, 3.63) is 47.3 Å². The summed E-state index contributed by atoms with van der Waals surface area (Å²) >= 11 is 0. The normalized spacial score (nSPS) is 18.0. The molecule has 0 N–H and O–H groups in total. The summed E-state index contributed by atoms with van der Waals surface area (Å²) < 4.78 is 16.0. The molecule has 2 aliphatic heterocycles. The molecule has 1 aromatic heterocycles. The molecular weight excluding hydrogens is 307 g/mol. The summed E-state index contributed by atoms with van der Waals surface area (Å²) in [6, 6.07) is 6.50. The summed E-state index contributed by atoms with van der Waals surface area (Å²) in [4.78, 5) is 14.3. The maximum Gasteiger partial charge on any atom is 0.227 e. The molecule has 2 aliphatic rings. The van der Waals surface area contributed by atoms with Crippen molar-refractivity contribution in [1.29, 1.82) is 0 Å². The minimum absolute atomic E-state index is 0.00465. The van der Waals surface area contributed by atoms with Crippen LogP contribution in [0, 0.1) is 5.82 Å². The summed E-state index contributed by atoms with van der Waals surface area (Å²) in [6.45, 7) is 2.43. The summed E-state index contributed by atoms with van der Waals surface area (Å²) in [5.74, 6) is 2.26. The van der Waals surface area contributed by atoms with Gasteiger partial charge in [0.2, 0.25) is 5.91 Å². The van der Waals surface area contributed by atoms with E-state index in [9.17, 15) is 9.18 Å². The van der Waals surface area contributed by atoms with Crippen molar-refractivity contribution in [3.63, 3.8) is 0 Å². The highest BCUT2D eigenvalue weighted by Crippen LogP contribution is 2.29. The Hall–Kier alpha value is -2.24. The number of halogens is 1. The molecule has 0 bridgehead atoms. The molecule has 5 nitrogen and oxygen atoms in total. The minimum Gasteiger partial charge on any atom is -0.342 e. The second kappa shape index (κ2) is 6.34. The predicted molar refractivity (Wildman–Crippen MR) is 87.0 cm³/mol. The Morgan fingerprint density at radius 1 is 1.17 bits per heavy atom. The van der Waals surface area contributed by atoms with Gasteiger partial charge in [-0.15, -0.1) is 10.2 Å². The van der Waals surface area contributed by atoms with Crippen LogP contribution >= 0.6 is 0 Å². The van der Waals surface area contributed by atoms with E-state index in [-0.39, 0.29) is 18.1 Å². The van der Waals surface area contributed by atoms with Crippen molar-refractivity contribution >= 4 is 5.91 Å². The molecule has 24 heavy (non-hydrogen) atoms. The largest absolute Gasteiger partial charge is 0.342 e. The van der Waals surface area contributed by atoms with Crippen LogP contribution in [0.1, 0.15) is 42.4 Å². The van der Waals surface area contributed by atoms with Gasteiger partial charge in [-0.1, -0.05) is 18.2 Å². The van der Waals surface area contributed by atoms with Gasteiger partial charge in [-0.3, -0.25) is 4.79 Å². The van der Waals surface area contributed by atoms with Gasteiger partial charge in [-0.25, -0.2) is 4.39 Å². The second-order valence-electron chi connectivity index (χ2n) is 6.65. The highest BCUT2D eigenvalue weighted by atomic mass is 19.1. The Labute approximate surface area is 140 Å². The fraction of sp³-hybridized carbons (Fsp3) is 0.500. The number of piperidine rings is 1. The summed E-state index contributed by atoms with van der Waals surface area (Å²) in [5, 5.41) is 8.65. The smallest absolute Gasteiger partial charge is 0.227 e. The van der Waals surface area contributed by atoms with E-state index in [2.05, 4.69) is 14.8 Å². The van der Waals surface area contributed by atoms with E-state index >= 15 is 0 Å². The van der Waals surface area contributed by atoms with Gasteiger partial charge >= 0.3 is 0 Å². The third kappa shape index (κ3) is 2.81. The van der Waals surface area contributed by atoms with Gasteiger partial charge < -0.3 is 9.47 Å². The Morgan fingerprint density at radius 2 is 1.96 bits per heavy atom. The van der Waals surface area contributed by atoms with Crippen molar-refractivity contribution in [2.45, 2.75) is 44.6 Å². The van der Waals surface area contributed by atoms with Crippen LogP contribution < -0.4 is 0 Å². The first-order valence-corrected chi connectivity index (χ1v) is 8.65. The Morgan fingerprint density at radius 3 is 2.75 bits per heavy atom. The van der Waals surface area contributed by atoms with Crippen LogP contribution in [0.4, 0.5) is 4.39 Å². The van der Waals surface area contributed by atoms with E-state index in [0.29, 0.717) is 24.6 Å². The number of amides is 1. The highest BCUT2D eigenvalue weighted by Gasteiger charge is 2.29. The van der Waals surface area contributed by atoms with Gasteiger partial charge in [0.15, 0.2) is 0 Å². The monoisotopic (exact) mass is 328 g/mol. The van der Waals surface area contributed by atoms with E-state index in [1.807, 2.05) is 4.90 Å². The number of aryl methyl sites for hydroxylation is 1. The molecule has 1 fully saturated rings. The summed E-state index contributed by atoms with van der Waals surface area (Å²) in [5.41, 5.74) is 0.472. The van der Waals surface area contributed by atoms with Crippen LogP contribution in [0.25, 0.3) is 0 Å². The number of rotatable bonds is 3. The minimum atomic E-state index is -0.306. The zero-order valence-electron chi connectivity index (χ0n) is 13.6. The van der Waals surface area contributed by atoms with Crippen LogP contribution in [0.5, 0.6) is 0 Å². The van der Waals surface area contributed by atoms with Crippen molar-refractivity contribution in [3.8, 4) is 0 Å². The van der Waals surface area contributed by atoms with Crippen molar-refractivity contribution < 1.29 is 9.18 Å². The van der Waals surface area contributed by atoms with E-state index in [1.165, 1.54) is 6.07 Å². The van der Waals surface area contributed by atoms with Crippen molar-refractivity contribution in [2.75, 3.05) is 13.1 Å². The number of hydrogen-bond acceptors (Lipinski definition) is 3. The molecule has 1 amide bonds. The van der Waals surface area contributed by atoms with E-state index in [0.717, 1.165) is 43.9 Å². The predicted octanol–water partition coefficient (Wildman–Crippen LogP) is 2.31. The van der Waals surface area contributed by atoms with Crippen LogP contribution in [0.3, 0.4) is 0 Å². The average molecular weight is 328 g/mol. The molecule has 0 radical (unpaired) electrons. The maximum absolute atomic E-state index is 13.7. The molecule has 0 spiro atoms. The maximum atomic E-state index is 13.7.